The number of aliphatic imine (C=N–C) groups is 1. The van der Waals surface area contributed by atoms with E-state index < -0.39 is 14.6 Å². The van der Waals surface area contributed by atoms with Crippen LogP contribution in [0.15, 0.2) is 4.99 Å². The fraction of sp³-hybridized carbons (Fsp3) is 0.882. The number of guanidine groups is 1. The van der Waals surface area contributed by atoms with Gasteiger partial charge in [-0.2, -0.15) is 0 Å². The lowest BCUT2D eigenvalue weighted by molar-refractivity contribution is -0.123. The second-order valence-corrected chi connectivity index (χ2v) is 9.91. The van der Waals surface area contributed by atoms with Crippen LogP contribution in [-0.4, -0.2) is 68.9 Å². The minimum atomic E-state index is -3.05. The highest BCUT2D eigenvalue weighted by Gasteiger charge is 2.48. The Balaban J connectivity index is 1.93. The fourth-order valence-corrected chi connectivity index (χ4v) is 5.87. The van der Waals surface area contributed by atoms with E-state index in [2.05, 4.69) is 20.5 Å². The van der Waals surface area contributed by atoms with E-state index in [0.29, 0.717) is 26.2 Å². The lowest BCUT2D eigenvalue weighted by atomic mass is 9.87. The first kappa shape index (κ1) is 20.0. The molecule has 1 amide bonds. The van der Waals surface area contributed by atoms with Crippen LogP contribution in [0.5, 0.6) is 0 Å². The number of hydrogen-bond donors (Lipinski definition) is 2. The second-order valence-electron chi connectivity index (χ2n) is 7.40. The van der Waals surface area contributed by atoms with Gasteiger partial charge in [0.1, 0.15) is 0 Å². The summed E-state index contributed by atoms with van der Waals surface area (Å²) < 4.78 is 24.8. The Labute approximate surface area is 151 Å². The quantitative estimate of drug-likeness (QED) is 0.432. The maximum Gasteiger partial charge on any atom is 0.222 e. The summed E-state index contributed by atoms with van der Waals surface area (Å²) in [4.78, 5) is 18.0. The van der Waals surface area contributed by atoms with Crippen molar-refractivity contribution in [2.45, 2.75) is 50.7 Å². The van der Waals surface area contributed by atoms with Crippen LogP contribution < -0.4 is 10.6 Å². The first-order valence-electron chi connectivity index (χ1n) is 9.27. The number of hydrogen-bond acceptors (Lipinski definition) is 4. The summed E-state index contributed by atoms with van der Waals surface area (Å²) in [6.07, 6.45) is 4.61. The van der Waals surface area contributed by atoms with Crippen LogP contribution in [0.4, 0.5) is 0 Å². The molecule has 0 aromatic carbocycles. The van der Waals surface area contributed by atoms with Gasteiger partial charge in [0.15, 0.2) is 15.8 Å². The van der Waals surface area contributed by atoms with Crippen LogP contribution in [0.2, 0.25) is 0 Å². The third-order valence-corrected chi connectivity index (χ3v) is 7.85. The number of sulfone groups is 1. The summed E-state index contributed by atoms with van der Waals surface area (Å²) >= 11 is 0. The molecule has 1 saturated carbocycles. The molecule has 0 bridgehead atoms. The summed E-state index contributed by atoms with van der Waals surface area (Å²) in [7, 11) is -1.33. The van der Waals surface area contributed by atoms with E-state index in [1.54, 1.807) is 7.05 Å². The monoisotopic (exact) mass is 372 g/mol. The Morgan fingerprint density at radius 3 is 2.40 bits per heavy atom. The van der Waals surface area contributed by atoms with E-state index in [1.165, 1.54) is 0 Å². The molecule has 25 heavy (non-hydrogen) atoms. The average Bonchev–Trinajstić information content (AvgIpc) is 2.58. The van der Waals surface area contributed by atoms with Crippen molar-refractivity contribution in [1.29, 1.82) is 0 Å². The minimum absolute atomic E-state index is 0.0296. The summed E-state index contributed by atoms with van der Waals surface area (Å²) in [5, 5.41) is 6.11. The van der Waals surface area contributed by atoms with Gasteiger partial charge in [-0.3, -0.25) is 9.79 Å². The van der Waals surface area contributed by atoms with Crippen LogP contribution >= 0.6 is 0 Å². The average molecular weight is 373 g/mol. The number of carbonyl (C=O) groups is 1. The molecule has 7 nitrogen and oxygen atoms in total. The van der Waals surface area contributed by atoms with E-state index in [0.717, 1.165) is 38.1 Å². The van der Waals surface area contributed by atoms with Crippen molar-refractivity contribution in [3.05, 3.63) is 0 Å². The van der Waals surface area contributed by atoms with Crippen molar-refractivity contribution in [3.63, 3.8) is 0 Å². The molecule has 0 aromatic rings. The highest BCUT2D eigenvalue weighted by molar-refractivity contribution is 7.92. The number of amides is 1. The predicted molar refractivity (Wildman–Crippen MR) is 100 cm³/mol. The molecule has 1 heterocycles. The van der Waals surface area contributed by atoms with Crippen LogP contribution in [0.25, 0.3) is 0 Å². The van der Waals surface area contributed by atoms with E-state index in [-0.39, 0.29) is 17.6 Å². The number of nitrogens with zero attached hydrogens (tertiary/aromatic N) is 2. The molecule has 2 aliphatic rings. The molecule has 0 aromatic heterocycles. The van der Waals surface area contributed by atoms with Crippen molar-refractivity contribution < 1.29 is 13.2 Å². The Hall–Kier alpha value is -1.31. The molecule has 1 aliphatic heterocycles. The molecule has 0 unspecified atom stereocenters. The molecule has 2 rings (SSSR count). The standard InChI is InChI=1S/C17H32N4O3S/c1-14(2)15(22)19-9-10-20-16(18-3)21-11-12-25(23,24)17(13-21)7-5-4-6-8-17/h14H,4-13H2,1-3H3,(H,18,20)(H,19,22). The van der Waals surface area contributed by atoms with Crippen molar-refractivity contribution in [3.8, 4) is 0 Å². The molecule has 2 fully saturated rings. The SMILES string of the molecule is CN=C(NCCNC(=O)C(C)C)N1CCS(=O)(=O)C2(CCCCC2)C1. The molecular formula is C17H32N4O3S. The van der Waals surface area contributed by atoms with Gasteiger partial charge in [-0.05, 0) is 12.8 Å². The lowest BCUT2D eigenvalue weighted by Gasteiger charge is -2.45. The van der Waals surface area contributed by atoms with Crippen LogP contribution in [0.3, 0.4) is 0 Å². The highest BCUT2D eigenvalue weighted by Crippen LogP contribution is 2.38. The first-order valence-corrected chi connectivity index (χ1v) is 10.9. The molecule has 1 aliphatic carbocycles. The normalized spacial score (nSPS) is 22.9. The number of rotatable bonds is 4. The summed E-state index contributed by atoms with van der Waals surface area (Å²) in [6, 6.07) is 0. The predicted octanol–water partition coefficient (Wildman–Crippen LogP) is 0.767. The molecule has 1 spiro atoms. The van der Waals surface area contributed by atoms with Gasteiger partial charge >= 0.3 is 0 Å². The summed E-state index contributed by atoms with van der Waals surface area (Å²) in [6.45, 7) is 5.81. The Morgan fingerprint density at radius 2 is 1.80 bits per heavy atom. The molecule has 144 valence electrons. The topological polar surface area (TPSA) is 90.9 Å². The van der Waals surface area contributed by atoms with Crippen LogP contribution in [0.1, 0.15) is 46.0 Å². The zero-order valence-electron chi connectivity index (χ0n) is 15.7. The van der Waals surface area contributed by atoms with Crippen molar-refractivity contribution in [2.75, 3.05) is 39.0 Å². The zero-order chi connectivity index (χ0) is 18.5. The van der Waals surface area contributed by atoms with E-state index >= 15 is 0 Å². The van der Waals surface area contributed by atoms with Crippen LogP contribution in [0, 0.1) is 5.92 Å². The molecule has 0 radical (unpaired) electrons. The van der Waals surface area contributed by atoms with Gasteiger partial charge in [0, 0.05) is 39.1 Å². The van der Waals surface area contributed by atoms with Gasteiger partial charge in [0.25, 0.3) is 0 Å². The zero-order valence-corrected chi connectivity index (χ0v) is 16.5. The smallest absolute Gasteiger partial charge is 0.222 e. The molecule has 1 saturated heterocycles. The third-order valence-electron chi connectivity index (χ3n) is 5.28. The number of nitrogens with one attached hydrogen (secondary N) is 2. The van der Waals surface area contributed by atoms with Gasteiger partial charge in [-0.25, -0.2) is 8.42 Å². The van der Waals surface area contributed by atoms with Gasteiger partial charge < -0.3 is 15.5 Å². The van der Waals surface area contributed by atoms with E-state index in [1.807, 2.05) is 13.8 Å². The molecule has 2 N–H and O–H groups in total. The number of carbonyl (C=O) groups excluding carboxylic acids is 1. The minimum Gasteiger partial charge on any atom is -0.354 e. The van der Waals surface area contributed by atoms with Gasteiger partial charge in [-0.15, -0.1) is 0 Å². The fourth-order valence-electron chi connectivity index (χ4n) is 3.71. The van der Waals surface area contributed by atoms with Crippen LogP contribution in [-0.2, 0) is 14.6 Å². The molecular weight excluding hydrogens is 340 g/mol. The second kappa shape index (κ2) is 8.38. The lowest BCUT2D eigenvalue weighted by Crippen LogP contribution is -2.60. The van der Waals surface area contributed by atoms with Gasteiger partial charge in [0.05, 0.1) is 10.5 Å². The van der Waals surface area contributed by atoms with Crippen molar-refractivity contribution in [1.82, 2.24) is 15.5 Å². The largest absolute Gasteiger partial charge is 0.354 e. The van der Waals surface area contributed by atoms with Gasteiger partial charge in [-0.1, -0.05) is 33.1 Å². The van der Waals surface area contributed by atoms with E-state index in [4.69, 9.17) is 0 Å². The molecule has 8 heteroatoms. The van der Waals surface area contributed by atoms with Gasteiger partial charge in [0.2, 0.25) is 5.91 Å². The first-order chi connectivity index (χ1) is 11.8. The highest BCUT2D eigenvalue weighted by atomic mass is 32.2. The maximum absolute atomic E-state index is 12.7. The molecule has 0 atom stereocenters. The third kappa shape index (κ3) is 4.65. The summed E-state index contributed by atoms with van der Waals surface area (Å²) in [5.41, 5.74) is 0. The Bertz CT molecular complexity index is 595. The maximum atomic E-state index is 12.7. The van der Waals surface area contributed by atoms with Crippen molar-refractivity contribution >= 4 is 21.7 Å². The Kier molecular flexibility index (Phi) is 6.71. The van der Waals surface area contributed by atoms with Crippen molar-refractivity contribution in [2.24, 2.45) is 10.9 Å². The van der Waals surface area contributed by atoms with E-state index in [9.17, 15) is 13.2 Å². The summed E-state index contributed by atoms with van der Waals surface area (Å²) in [5.74, 6) is 0.913. The Morgan fingerprint density at radius 1 is 1.16 bits per heavy atom.